The topological polar surface area (TPSA) is 6.48 Å². The van der Waals surface area contributed by atoms with E-state index in [2.05, 4.69) is 196 Å². The fourth-order valence-electron chi connectivity index (χ4n) is 5.99. The maximum atomic E-state index is 2.36. The molecule has 2 nitrogen and oxygen atoms in total. The summed E-state index contributed by atoms with van der Waals surface area (Å²) in [6.45, 7) is 10.8. The van der Waals surface area contributed by atoms with Gasteiger partial charge in [0.15, 0.2) is 0 Å². The Morgan fingerprint density at radius 1 is 0.311 bits per heavy atom. The molecule has 2 heteroatoms. The van der Waals surface area contributed by atoms with Crippen LogP contribution in [0, 0.1) is 34.6 Å². The van der Waals surface area contributed by atoms with E-state index in [1.54, 1.807) is 0 Å². The minimum absolute atomic E-state index is 1.13. The molecule has 0 unspecified atom stereocenters. The maximum absolute atomic E-state index is 2.36. The quantitative estimate of drug-likeness (QED) is 0.164. The van der Waals surface area contributed by atoms with Gasteiger partial charge in [-0.25, -0.2) is 0 Å². The fourth-order valence-corrected chi connectivity index (χ4v) is 5.99. The van der Waals surface area contributed by atoms with Crippen molar-refractivity contribution in [2.45, 2.75) is 34.6 Å². The number of rotatable bonds is 8. The molecule has 0 spiro atoms. The number of anilines is 6. The van der Waals surface area contributed by atoms with Crippen molar-refractivity contribution >= 4 is 46.3 Å². The molecule has 0 saturated heterocycles. The van der Waals surface area contributed by atoms with E-state index in [0.29, 0.717) is 0 Å². The van der Waals surface area contributed by atoms with Gasteiger partial charge in [-0.15, -0.1) is 0 Å². The Hall–Kier alpha value is -5.34. The highest BCUT2D eigenvalue weighted by Crippen LogP contribution is 2.37. The van der Waals surface area contributed by atoms with Crippen LogP contribution in [0.4, 0.5) is 34.1 Å². The minimum atomic E-state index is 1.13. The van der Waals surface area contributed by atoms with Crippen molar-refractivity contribution in [3.8, 4) is 0 Å². The summed E-state index contributed by atoms with van der Waals surface area (Å²) in [6, 6.07) is 50.3. The number of nitrogens with zero attached hydrogens (tertiary/aromatic N) is 2. The first-order valence-electron chi connectivity index (χ1n) is 15.6. The zero-order valence-corrected chi connectivity index (χ0v) is 26.8. The average Bonchev–Trinajstić information content (AvgIpc) is 3.02. The lowest BCUT2D eigenvalue weighted by Gasteiger charge is -2.27. The van der Waals surface area contributed by atoms with Crippen LogP contribution in [0.2, 0.25) is 0 Å². The lowest BCUT2D eigenvalue weighted by atomic mass is 10.1. The summed E-state index contributed by atoms with van der Waals surface area (Å²) in [4.78, 5) is 4.65. The van der Waals surface area contributed by atoms with E-state index in [1.165, 1.54) is 39.2 Å². The first kappa shape index (κ1) is 29.7. The maximum Gasteiger partial charge on any atom is 0.0466 e. The van der Waals surface area contributed by atoms with Gasteiger partial charge >= 0.3 is 0 Å². The van der Waals surface area contributed by atoms with Crippen LogP contribution in [-0.4, -0.2) is 0 Å². The normalized spacial score (nSPS) is 11.1. The van der Waals surface area contributed by atoms with Gasteiger partial charge in [-0.3, -0.25) is 0 Å². The standard InChI is InChI=1S/C43H40N2/c1-31-11-19-39(20-12-31)44(38-9-7-6-8-10-38)40-21-15-36(16-22-40)13-14-37-17-23-41(24-18-37)45(42-27-32(2)25-33(3)28-42)43-29-34(4)26-35(5)30-43/h6-30H,1-5H3/b14-13+. The zero-order chi connectivity index (χ0) is 31.3. The summed E-state index contributed by atoms with van der Waals surface area (Å²) in [5, 5.41) is 0. The highest BCUT2D eigenvalue weighted by atomic mass is 15.1. The molecule has 0 aliphatic heterocycles. The molecule has 0 amide bonds. The highest BCUT2D eigenvalue weighted by molar-refractivity contribution is 5.80. The third-order valence-electron chi connectivity index (χ3n) is 8.01. The second-order valence-corrected chi connectivity index (χ2v) is 12.1. The van der Waals surface area contributed by atoms with Crippen molar-refractivity contribution in [2.75, 3.05) is 9.80 Å². The van der Waals surface area contributed by atoms with Crippen LogP contribution in [0.15, 0.2) is 140 Å². The molecular formula is C43H40N2. The first-order valence-corrected chi connectivity index (χ1v) is 15.6. The molecule has 0 heterocycles. The average molecular weight is 585 g/mol. The Morgan fingerprint density at radius 3 is 1.04 bits per heavy atom. The molecule has 0 aliphatic carbocycles. The van der Waals surface area contributed by atoms with E-state index in [4.69, 9.17) is 0 Å². The molecule has 0 aromatic heterocycles. The second kappa shape index (κ2) is 13.1. The Morgan fingerprint density at radius 2 is 0.644 bits per heavy atom. The van der Waals surface area contributed by atoms with Crippen molar-refractivity contribution in [3.63, 3.8) is 0 Å². The van der Waals surface area contributed by atoms with Crippen LogP contribution in [0.5, 0.6) is 0 Å². The van der Waals surface area contributed by atoms with E-state index < -0.39 is 0 Å². The number of aryl methyl sites for hydroxylation is 5. The highest BCUT2D eigenvalue weighted by Gasteiger charge is 2.15. The van der Waals surface area contributed by atoms with Gasteiger partial charge in [0.1, 0.15) is 0 Å². The third-order valence-corrected chi connectivity index (χ3v) is 8.01. The SMILES string of the molecule is Cc1ccc(N(c2ccccc2)c2ccc(/C=C/c3ccc(N(c4cc(C)cc(C)c4)c4cc(C)cc(C)c4)cc3)cc2)cc1. The Kier molecular flexibility index (Phi) is 8.66. The molecule has 0 saturated carbocycles. The molecule has 6 aromatic rings. The first-order chi connectivity index (χ1) is 21.8. The predicted octanol–water partition coefficient (Wildman–Crippen LogP) is 12.3. The van der Waals surface area contributed by atoms with Crippen molar-refractivity contribution in [3.05, 3.63) is 178 Å². The van der Waals surface area contributed by atoms with Crippen LogP contribution in [-0.2, 0) is 0 Å². The van der Waals surface area contributed by atoms with Crippen LogP contribution < -0.4 is 9.80 Å². The molecule has 6 aromatic carbocycles. The van der Waals surface area contributed by atoms with Crippen molar-refractivity contribution in [1.82, 2.24) is 0 Å². The van der Waals surface area contributed by atoms with Crippen LogP contribution in [0.1, 0.15) is 38.9 Å². The van der Waals surface area contributed by atoms with Gasteiger partial charge in [-0.05, 0) is 141 Å². The van der Waals surface area contributed by atoms with Gasteiger partial charge in [0, 0.05) is 34.1 Å². The van der Waals surface area contributed by atoms with E-state index in [1.807, 2.05) is 0 Å². The summed E-state index contributed by atoms with van der Waals surface area (Å²) >= 11 is 0. The largest absolute Gasteiger partial charge is 0.311 e. The number of para-hydroxylation sites is 1. The fraction of sp³-hybridized carbons (Fsp3) is 0.116. The van der Waals surface area contributed by atoms with Crippen molar-refractivity contribution in [1.29, 1.82) is 0 Å². The second-order valence-electron chi connectivity index (χ2n) is 12.1. The van der Waals surface area contributed by atoms with Gasteiger partial charge in [0.25, 0.3) is 0 Å². The van der Waals surface area contributed by atoms with Crippen LogP contribution >= 0.6 is 0 Å². The molecule has 6 rings (SSSR count). The summed E-state index contributed by atoms with van der Waals surface area (Å²) in [5.74, 6) is 0. The molecular weight excluding hydrogens is 544 g/mol. The number of hydrogen-bond donors (Lipinski definition) is 0. The summed E-state index contributed by atoms with van der Waals surface area (Å²) in [5.41, 5.74) is 15.5. The van der Waals surface area contributed by atoms with Crippen LogP contribution in [0.3, 0.4) is 0 Å². The summed E-state index contributed by atoms with van der Waals surface area (Å²) in [7, 11) is 0. The monoisotopic (exact) mass is 584 g/mol. The Labute approximate surface area is 268 Å². The molecule has 0 N–H and O–H groups in total. The molecule has 0 atom stereocenters. The Bertz CT molecular complexity index is 1820. The van der Waals surface area contributed by atoms with Crippen molar-refractivity contribution in [2.24, 2.45) is 0 Å². The van der Waals surface area contributed by atoms with Gasteiger partial charge in [-0.1, -0.05) is 84.4 Å². The Balaban J connectivity index is 1.26. The summed E-state index contributed by atoms with van der Waals surface area (Å²) < 4.78 is 0. The van der Waals surface area contributed by atoms with Crippen molar-refractivity contribution < 1.29 is 0 Å². The summed E-state index contributed by atoms with van der Waals surface area (Å²) in [6.07, 6.45) is 4.37. The predicted molar refractivity (Wildman–Crippen MR) is 195 cm³/mol. The molecule has 0 radical (unpaired) electrons. The molecule has 45 heavy (non-hydrogen) atoms. The number of hydrogen-bond acceptors (Lipinski definition) is 2. The molecule has 0 fully saturated rings. The smallest absolute Gasteiger partial charge is 0.0466 e. The number of benzene rings is 6. The van der Waals surface area contributed by atoms with Gasteiger partial charge in [0.05, 0.1) is 0 Å². The van der Waals surface area contributed by atoms with Gasteiger partial charge in [-0.2, -0.15) is 0 Å². The van der Waals surface area contributed by atoms with Gasteiger partial charge in [0.2, 0.25) is 0 Å². The minimum Gasteiger partial charge on any atom is -0.311 e. The van der Waals surface area contributed by atoms with E-state index in [0.717, 1.165) is 33.9 Å². The molecule has 0 bridgehead atoms. The lowest BCUT2D eigenvalue weighted by Crippen LogP contribution is -2.11. The van der Waals surface area contributed by atoms with Gasteiger partial charge < -0.3 is 9.80 Å². The molecule has 222 valence electrons. The lowest BCUT2D eigenvalue weighted by molar-refractivity contribution is 1.23. The van der Waals surface area contributed by atoms with Crippen LogP contribution in [0.25, 0.3) is 12.2 Å². The molecule has 0 aliphatic rings. The zero-order valence-electron chi connectivity index (χ0n) is 26.8. The van der Waals surface area contributed by atoms with E-state index >= 15 is 0 Å². The van der Waals surface area contributed by atoms with E-state index in [9.17, 15) is 0 Å². The van der Waals surface area contributed by atoms with E-state index in [-0.39, 0.29) is 0 Å². The third kappa shape index (κ3) is 7.08.